The minimum Gasteiger partial charge on any atom is -0.494 e. The van der Waals surface area contributed by atoms with Crippen molar-refractivity contribution in [3.8, 4) is 17.3 Å². The quantitative estimate of drug-likeness (QED) is 0.0972. The van der Waals surface area contributed by atoms with Gasteiger partial charge in [0.1, 0.15) is 17.8 Å². The summed E-state index contributed by atoms with van der Waals surface area (Å²) in [5, 5.41) is 1.10. The van der Waals surface area contributed by atoms with Crippen molar-refractivity contribution >= 4 is 74.8 Å². The predicted octanol–water partition coefficient (Wildman–Crippen LogP) is 5.99. The lowest BCUT2D eigenvalue weighted by Gasteiger charge is -2.34. The Hall–Kier alpha value is -8.45. The van der Waals surface area contributed by atoms with Crippen LogP contribution in [0.1, 0.15) is 60.5 Å². The van der Waals surface area contributed by atoms with Crippen LogP contribution in [0.2, 0.25) is 5.15 Å². The van der Waals surface area contributed by atoms with Crippen LogP contribution in [-0.2, 0) is 9.59 Å². The second-order valence-electron chi connectivity index (χ2n) is 16.5. The van der Waals surface area contributed by atoms with Crippen molar-refractivity contribution in [2.24, 2.45) is 4.99 Å². The van der Waals surface area contributed by atoms with Gasteiger partial charge >= 0.3 is 0 Å². The summed E-state index contributed by atoms with van der Waals surface area (Å²) >= 11 is 6.09. The largest absolute Gasteiger partial charge is 0.494 e. The third kappa shape index (κ3) is 10.6. The number of fused-ring (bicyclic) bond motifs is 2. The Kier molecular flexibility index (Phi) is 15.1. The van der Waals surface area contributed by atoms with Gasteiger partial charge in [0.2, 0.25) is 0 Å². The molecule has 0 radical (unpaired) electrons. The molecule has 7 aromatic rings. The standard InChI is InChI=1S/C25H24N6O4.C21H19ClN4O4.C5H7N/c1-16-14-31(15-28-16)23-21-20(19(35-2)13-27-23)18(12-26-21)22(32)25(34)30-10-8-29(9-11-30)24(33)17-6-4-3-5-7-17;1-30-15-12-24-19(22)17-16(15)14(11-23-17)18(27)21(29)26-9-7-25(8-10-26)20(28)13-5-3-2-4-6-13;1-5-3-2-4-6-5/h3-7,12-15,26H,8-11H2,1-2H3;2-6,11-12,23H,7-10H2,1H3;3-4H,2H2,1H3. The molecule has 3 aliphatic heterocycles. The minimum absolute atomic E-state index is 0.0832. The molecular formula is C51H50ClN11O8. The Morgan fingerprint density at radius 2 is 1.07 bits per heavy atom. The maximum Gasteiger partial charge on any atom is 0.295 e. The summed E-state index contributed by atoms with van der Waals surface area (Å²) in [5.74, 6) is -1.43. The van der Waals surface area contributed by atoms with E-state index in [-0.39, 0.29) is 54.3 Å². The highest BCUT2D eigenvalue weighted by atomic mass is 35.5. The van der Waals surface area contributed by atoms with Crippen LogP contribution in [0, 0.1) is 6.92 Å². The number of nitrogens with one attached hydrogen (secondary N) is 2. The first-order valence-electron chi connectivity index (χ1n) is 22.7. The number of nitrogens with zero attached hydrogens (tertiary/aromatic N) is 9. The van der Waals surface area contributed by atoms with E-state index >= 15 is 0 Å². The smallest absolute Gasteiger partial charge is 0.295 e. The number of benzene rings is 2. The Balaban J connectivity index is 0.000000172. The number of pyridine rings is 2. The molecule has 0 atom stereocenters. The molecule has 0 saturated carbocycles. The van der Waals surface area contributed by atoms with E-state index in [4.69, 9.17) is 21.1 Å². The molecule has 2 N–H and O–H groups in total. The van der Waals surface area contributed by atoms with E-state index in [2.05, 4.69) is 36.0 Å². The normalized spacial score (nSPS) is 14.3. The number of amides is 4. The third-order valence-electron chi connectivity index (χ3n) is 12.1. The molecule has 8 heterocycles. The van der Waals surface area contributed by atoms with Gasteiger partial charge in [0.15, 0.2) is 11.0 Å². The number of hydrogen-bond acceptors (Lipinski definition) is 12. The first-order chi connectivity index (χ1) is 34.4. The number of piperazine rings is 2. The number of ether oxygens (including phenoxy) is 2. The van der Waals surface area contributed by atoms with E-state index in [9.17, 15) is 28.8 Å². The topological polar surface area (TPSA) is 221 Å². The SMILES string of the molecule is CC1=CCC=N1.COc1cnc(-n2cnc(C)c2)c2[nH]cc(C(=O)C(=O)N3CCN(C(=O)c4ccccc4)CC3)c12.COc1cnc(Cl)c2[nH]cc(C(=O)C(=O)N3CCN(C(=O)c4ccccc4)CC3)c12. The lowest BCUT2D eigenvalue weighted by molar-refractivity contribution is -0.128. The zero-order valence-electron chi connectivity index (χ0n) is 39.4. The highest BCUT2D eigenvalue weighted by Crippen LogP contribution is 2.34. The predicted molar refractivity (Wildman–Crippen MR) is 266 cm³/mol. The van der Waals surface area contributed by atoms with Crippen molar-refractivity contribution in [3.63, 3.8) is 0 Å². The van der Waals surface area contributed by atoms with Crippen LogP contribution in [0.15, 0.2) is 115 Å². The highest BCUT2D eigenvalue weighted by Gasteiger charge is 2.33. The Bertz CT molecular complexity index is 3180. The molecule has 3 aliphatic rings. The molecule has 20 heteroatoms. The fraction of sp³-hybridized carbons (Fsp3) is 0.255. The number of hydrogen-bond donors (Lipinski definition) is 2. The molecule has 0 unspecified atom stereocenters. The summed E-state index contributed by atoms with van der Waals surface area (Å²) in [6.07, 6.45) is 14.4. The first kappa shape index (κ1) is 49.0. The number of carbonyl (C=O) groups is 6. The van der Waals surface area contributed by atoms with Gasteiger partial charge < -0.3 is 39.0 Å². The fourth-order valence-corrected chi connectivity index (χ4v) is 8.53. The number of halogens is 1. The van der Waals surface area contributed by atoms with E-state index in [1.54, 1.807) is 45.0 Å². The van der Waals surface area contributed by atoms with Crippen LogP contribution in [0.25, 0.3) is 27.6 Å². The van der Waals surface area contributed by atoms with Gasteiger partial charge in [0.05, 0.1) is 65.2 Å². The number of aromatic nitrogens is 6. The molecule has 0 aliphatic carbocycles. The number of allylic oxidation sites excluding steroid dienone is 2. The van der Waals surface area contributed by atoms with E-state index < -0.39 is 23.4 Å². The number of methoxy groups -OCH3 is 2. The molecule has 0 spiro atoms. The van der Waals surface area contributed by atoms with Crippen LogP contribution in [0.4, 0.5) is 0 Å². The second kappa shape index (κ2) is 21.9. The summed E-state index contributed by atoms with van der Waals surface area (Å²) < 4.78 is 12.5. The van der Waals surface area contributed by atoms with Gasteiger partial charge in [-0.3, -0.25) is 38.3 Å². The Morgan fingerprint density at radius 3 is 1.49 bits per heavy atom. The number of H-pyrrole nitrogens is 2. The van der Waals surface area contributed by atoms with Crippen molar-refractivity contribution in [1.82, 2.24) is 49.1 Å². The number of aryl methyl sites for hydroxylation is 1. The Morgan fingerprint density at radius 1 is 0.606 bits per heavy atom. The monoisotopic (exact) mass is 979 g/mol. The number of carbonyl (C=O) groups excluding carboxylic acids is 6. The van der Waals surface area contributed by atoms with Gasteiger partial charge in [-0.05, 0) is 38.1 Å². The fourth-order valence-electron chi connectivity index (χ4n) is 8.33. The van der Waals surface area contributed by atoms with Crippen LogP contribution >= 0.6 is 11.6 Å². The summed E-state index contributed by atoms with van der Waals surface area (Å²) in [4.78, 5) is 106. The summed E-state index contributed by atoms with van der Waals surface area (Å²) in [5.41, 5.74) is 4.57. The molecule has 2 aromatic carbocycles. The zero-order chi connectivity index (χ0) is 50.2. The Labute approximate surface area is 412 Å². The molecular weight excluding hydrogens is 930 g/mol. The lowest BCUT2D eigenvalue weighted by Crippen LogP contribution is -2.52. The van der Waals surface area contributed by atoms with Gasteiger partial charge in [-0.15, -0.1) is 0 Å². The van der Waals surface area contributed by atoms with Crippen LogP contribution in [0.3, 0.4) is 0 Å². The number of rotatable bonds is 9. The van der Waals surface area contributed by atoms with Gasteiger partial charge in [-0.1, -0.05) is 54.1 Å². The van der Waals surface area contributed by atoms with Gasteiger partial charge in [0.25, 0.3) is 35.2 Å². The number of aromatic amines is 2. The number of ketones is 2. The molecule has 5 aromatic heterocycles. The van der Waals surface area contributed by atoms with Crippen LogP contribution in [0.5, 0.6) is 11.5 Å². The van der Waals surface area contributed by atoms with Crippen LogP contribution < -0.4 is 9.47 Å². The number of imidazole rings is 1. The molecule has 2 saturated heterocycles. The zero-order valence-corrected chi connectivity index (χ0v) is 40.2. The average molecular weight is 980 g/mol. The van der Waals surface area contributed by atoms with Crippen molar-refractivity contribution in [3.05, 3.63) is 143 Å². The van der Waals surface area contributed by atoms with E-state index in [0.29, 0.717) is 76.4 Å². The molecule has 0 bridgehead atoms. The van der Waals surface area contributed by atoms with E-state index in [1.165, 1.54) is 48.8 Å². The highest BCUT2D eigenvalue weighted by molar-refractivity contribution is 6.46. The van der Waals surface area contributed by atoms with Crippen molar-refractivity contribution in [2.75, 3.05) is 66.6 Å². The van der Waals surface area contributed by atoms with Gasteiger partial charge in [-0.25, -0.2) is 15.0 Å². The molecule has 10 rings (SSSR count). The molecule has 2 fully saturated rings. The van der Waals surface area contributed by atoms with Crippen LogP contribution in [-0.4, -0.2) is 157 Å². The first-order valence-corrected chi connectivity index (χ1v) is 23.1. The average Bonchev–Trinajstić information content (AvgIpc) is 4.27. The van der Waals surface area contributed by atoms with Gasteiger partial charge in [-0.2, -0.15) is 0 Å². The molecule has 71 heavy (non-hydrogen) atoms. The second-order valence-corrected chi connectivity index (χ2v) is 16.9. The summed E-state index contributed by atoms with van der Waals surface area (Å²) in [6.45, 7) is 6.44. The number of aliphatic imine (C=N–C) groups is 1. The minimum atomic E-state index is -0.662. The van der Waals surface area contributed by atoms with E-state index in [0.717, 1.165) is 17.8 Å². The molecule has 364 valence electrons. The summed E-state index contributed by atoms with van der Waals surface area (Å²) in [7, 11) is 2.94. The maximum atomic E-state index is 13.3. The van der Waals surface area contributed by atoms with Crippen molar-refractivity contribution in [2.45, 2.75) is 20.3 Å². The maximum absolute atomic E-state index is 13.3. The molecule has 4 amide bonds. The third-order valence-corrected chi connectivity index (χ3v) is 12.4. The van der Waals surface area contributed by atoms with E-state index in [1.807, 2.05) is 62.7 Å². The van der Waals surface area contributed by atoms with Gasteiger partial charge in [0, 0.05) is 100 Å². The summed E-state index contributed by atoms with van der Waals surface area (Å²) in [6, 6.07) is 18.0. The van der Waals surface area contributed by atoms with Crippen molar-refractivity contribution in [1.29, 1.82) is 0 Å². The lowest BCUT2D eigenvalue weighted by atomic mass is 10.1. The number of Topliss-reactive ketones (excluding diaryl/α,β-unsaturated/α-hetero) is 2. The van der Waals surface area contributed by atoms with Crippen molar-refractivity contribution < 1.29 is 38.2 Å². The molecule has 19 nitrogen and oxygen atoms in total.